The van der Waals surface area contributed by atoms with Crippen molar-refractivity contribution in [3.05, 3.63) is 16.6 Å². The van der Waals surface area contributed by atoms with Crippen LogP contribution in [0, 0.1) is 5.92 Å². The molecule has 1 fully saturated rings. The van der Waals surface area contributed by atoms with Gasteiger partial charge in [-0.05, 0) is 25.9 Å². The third-order valence-corrected chi connectivity index (χ3v) is 4.32. The van der Waals surface area contributed by atoms with E-state index in [-0.39, 0.29) is 0 Å². The molecular formula is C12H21N3S. The van der Waals surface area contributed by atoms with E-state index in [1.54, 1.807) is 11.3 Å². The Hall–Kier alpha value is -0.450. The van der Waals surface area contributed by atoms with Crippen LogP contribution in [0.2, 0.25) is 0 Å². The van der Waals surface area contributed by atoms with E-state index >= 15 is 0 Å². The maximum Gasteiger partial charge on any atom is 0.0937 e. The second kappa shape index (κ2) is 5.75. The molecule has 1 N–H and O–H groups in total. The normalized spacial score (nSPS) is 27.1. The fraction of sp³-hybridized carbons (Fsp3) is 0.750. The number of thiazole rings is 1. The first-order chi connectivity index (χ1) is 7.79. The molecule has 2 unspecified atom stereocenters. The van der Waals surface area contributed by atoms with Gasteiger partial charge in [0, 0.05) is 37.1 Å². The Morgan fingerprint density at radius 1 is 1.62 bits per heavy atom. The molecule has 1 aromatic rings. The van der Waals surface area contributed by atoms with E-state index in [9.17, 15) is 0 Å². The summed E-state index contributed by atoms with van der Waals surface area (Å²) in [6.07, 6.45) is 4.28. The lowest BCUT2D eigenvalue weighted by molar-refractivity contribution is 0.153. The maximum atomic E-state index is 4.33. The Labute approximate surface area is 102 Å². The van der Waals surface area contributed by atoms with E-state index in [0.29, 0.717) is 6.04 Å². The predicted octanol–water partition coefficient (Wildman–Crippen LogP) is 1.62. The molecule has 0 spiro atoms. The van der Waals surface area contributed by atoms with Crippen molar-refractivity contribution < 1.29 is 0 Å². The molecule has 0 amide bonds. The zero-order valence-corrected chi connectivity index (χ0v) is 11.0. The molecule has 0 saturated carbocycles. The highest BCUT2D eigenvalue weighted by Gasteiger charge is 2.24. The van der Waals surface area contributed by atoms with Crippen LogP contribution in [0.1, 0.15) is 18.4 Å². The van der Waals surface area contributed by atoms with Gasteiger partial charge in [-0.1, -0.05) is 6.92 Å². The minimum atomic E-state index is 0.705. The predicted molar refractivity (Wildman–Crippen MR) is 68.9 cm³/mol. The van der Waals surface area contributed by atoms with Crippen molar-refractivity contribution >= 4 is 11.3 Å². The van der Waals surface area contributed by atoms with Gasteiger partial charge in [-0.3, -0.25) is 0 Å². The molecule has 16 heavy (non-hydrogen) atoms. The number of hydrogen-bond acceptors (Lipinski definition) is 4. The number of likely N-dealkylation sites (tertiary alicyclic amines) is 1. The Kier molecular flexibility index (Phi) is 4.32. The lowest BCUT2D eigenvalue weighted by atomic mass is 9.94. The molecule has 2 atom stereocenters. The van der Waals surface area contributed by atoms with Crippen LogP contribution in [-0.4, -0.2) is 42.6 Å². The highest BCUT2D eigenvalue weighted by atomic mass is 32.1. The Morgan fingerprint density at radius 3 is 3.12 bits per heavy atom. The van der Waals surface area contributed by atoms with E-state index in [2.05, 4.69) is 34.6 Å². The molecule has 3 nitrogen and oxygen atoms in total. The van der Waals surface area contributed by atoms with Crippen LogP contribution in [0.25, 0.3) is 0 Å². The van der Waals surface area contributed by atoms with E-state index in [1.807, 2.05) is 6.20 Å². The lowest BCUT2D eigenvalue weighted by Gasteiger charge is -2.36. The Morgan fingerprint density at radius 2 is 2.50 bits per heavy atom. The summed E-state index contributed by atoms with van der Waals surface area (Å²) < 4.78 is 0. The van der Waals surface area contributed by atoms with Crippen molar-refractivity contribution in [2.24, 2.45) is 5.92 Å². The second-order valence-electron chi connectivity index (χ2n) is 4.64. The van der Waals surface area contributed by atoms with Crippen LogP contribution in [0.15, 0.2) is 11.6 Å². The molecule has 0 radical (unpaired) electrons. The van der Waals surface area contributed by atoms with Crippen molar-refractivity contribution in [3.8, 4) is 0 Å². The molecule has 0 aliphatic carbocycles. The average molecular weight is 239 g/mol. The maximum absolute atomic E-state index is 4.33. The van der Waals surface area contributed by atoms with Crippen molar-refractivity contribution in [3.63, 3.8) is 0 Å². The number of rotatable bonds is 4. The summed E-state index contributed by atoms with van der Waals surface area (Å²) in [4.78, 5) is 6.90. The van der Waals surface area contributed by atoms with Gasteiger partial charge < -0.3 is 10.2 Å². The third kappa shape index (κ3) is 3.03. The molecule has 90 valence electrons. The first kappa shape index (κ1) is 12.0. The molecule has 1 aromatic heterocycles. The molecule has 4 heteroatoms. The van der Waals surface area contributed by atoms with Gasteiger partial charge in [0.1, 0.15) is 0 Å². The van der Waals surface area contributed by atoms with Crippen LogP contribution in [0.4, 0.5) is 0 Å². The van der Waals surface area contributed by atoms with Gasteiger partial charge >= 0.3 is 0 Å². The third-order valence-electron chi connectivity index (χ3n) is 3.49. The number of piperidine rings is 1. The van der Waals surface area contributed by atoms with E-state index in [0.717, 1.165) is 18.9 Å². The van der Waals surface area contributed by atoms with Crippen molar-refractivity contribution in [1.29, 1.82) is 0 Å². The van der Waals surface area contributed by atoms with Crippen molar-refractivity contribution in [2.45, 2.75) is 25.8 Å². The van der Waals surface area contributed by atoms with E-state index in [4.69, 9.17) is 0 Å². The van der Waals surface area contributed by atoms with Gasteiger partial charge in [-0.2, -0.15) is 0 Å². The van der Waals surface area contributed by atoms with Gasteiger partial charge in [0.05, 0.1) is 5.01 Å². The molecular weight excluding hydrogens is 218 g/mol. The standard InChI is InChI=1S/C12H21N3S/c1-10-9-15(6-3-11(10)13-2)7-4-12-14-5-8-16-12/h5,8,10-11,13H,3-4,6-7,9H2,1-2H3. The van der Waals surface area contributed by atoms with Gasteiger partial charge in [0.15, 0.2) is 0 Å². The number of nitrogens with one attached hydrogen (secondary N) is 1. The number of nitrogens with zero attached hydrogens (tertiary/aromatic N) is 2. The Balaban J connectivity index is 1.75. The van der Waals surface area contributed by atoms with Gasteiger partial charge in [-0.15, -0.1) is 11.3 Å². The molecule has 1 saturated heterocycles. The smallest absolute Gasteiger partial charge is 0.0937 e. The highest BCUT2D eigenvalue weighted by molar-refractivity contribution is 7.09. The average Bonchev–Trinajstić information content (AvgIpc) is 2.79. The second-order valence-corrected chi connectivity index (χ2v) is 5.62. The summed E-state index contributed by atoms with van der Waals surface area (Å²) >= 11 is 1.77. The van der Waals surface area contributed by atoms with E-state index in [1.165, 1.54) is 24.5 Å². The fourth-order valence-corrected chi connectivity index (χ4v) is 3.10. The zero-order valence-electron chi connectivity index (χ0n) is 10.1. The topological polar surface area (TPSA) is 28.2 Å². The fourth-order valence-electron chi connectivity index (χ4n) is 2.49. The highest BCUT2D eigenvalue weighted by Crippen LogP contribution is 2.17. The van der Waals surface area contributed by atoms with Crippen LogP contribution >= 0.6 is 11.3 Å². The van der Waals surface area contributed by atoms with Gasteiger partial charge in [0.25, 0.3) is 0 Å². The summed E-state index contributed by atoms with van der Waals surface area (Å²) in [5.41, 5.74) is 0. The van der Waals surface area contributed by atoms with Crippen LogP contribution in [0.3, 0.4) is 0 Å². The summed E-state index contributed by atoms with van der Waals surface area (Å²) in [5, 5.41) is 6.73. The van der Waals surface area contributed by atoms with Gasteiger partial charge in [-0.25, -0.2) is 4.98 Å². The van der Waals surface area contributed by atoms with Crippen LogP contribution < -0.4 is 5.32 Å². The largest absolute Gasteiger partial charge is 0.317 e. The number of hydrogen-bond donors (Lipinski definition) is 1. The minimum Gasteiger partial charge on any atom is -0.317 e. The summed E-state index contributed by atoms with van der Waals surface area (Å²) in [7, 11) is 2.08. The Bertz CT molecular complexity index is 299. The summed E-state index contributed by atoms with van der Waals surface area (Å²) in [5.74, 6) is 0.759. The molecule has 1 aliphatic rings. The first-order valence-corrected chi connectivity index (χ1v) is 6.95. The molecule has 2 rings (SSSR count). The monoisotopic (exact) mass is 239 g/mol. The van der Waals surface area contributed by atoms with E-state index < -0.39 is 0 Å². The van der Waals surface area contributed by atoms with Gasteiger partial charge in [0.2, 0.25) is 0 Å². The molecule has 0 aromatic carbocycles. The SMILES string of the molecule is CNC1CCN(CCc2nccs2)CC1C. The molecule has 2 heterocycles. The lowest BCUT2D eigenvalue weighted by Crippen LogP contribution is -2.47. The summed E-state index contributed by atoms with van der Waals surface area (Å²) in [6, 6.07) is 0.705. The molecule has 1 aliphatic heterocycles. The first-order valence-electron chi connectivity index (χ1n) is 6.07. The summed E-state index contributed by atoms with van der Waals surface area (Å²) in [6.45, 7) is 5.95. The number of aromatic nitrogens is 1. The molecule has 0 bridgehead atoms. The van der Waals surface area contributed by atoms with Crippen molar-refractivity contribution in [1.82, 2.24) is 15.2 Å². The van der Waals surface area contributed by atoms with Crippen LogP contribution in [0.5, 0.6) is 0 Å². The zero-order chi connectivity index (χ0) is 11.4. The quantitative estimate of drug-likeness (QED) is 0.865. The van der Waals surface area contributed by atoms with Crippen LogP contribution in [-0.2, 0) is 6.42 Å². The van der Waals surface area contributed by atoms with Crippen molar-refractivity contribution in [2.75, 3.05) is 26.7 Å². The minimum absolute atomic E-state index is 0.705.